The molecule has 39 heavy (non-hydrogen) atoms. The average molecular weight is 548 g/mol. The van der Waals surface area contributed by atoms with Crippen LogP contribution in [0.15, 0.2) is 71.8 Å². The van der Waals surface area contributed by atoms with E-state index < -0.39 is 21.5 Å². The van der Waals surface area contributed by atoms with E-state index in [0.29, 0.717) is 40.8 Å². The number of fused-ring (bicyclic) bond motifs is 1. The molecule has 4 aromatic rings. The fraction of sp³-hybridized carbons (Fsp3) is 0.276. The molecule has 9 nitrogen and oxygen atoms in total. The monoisotopic (exact) mass is 547 g/mol. The Morgan fingerprint density at radius 2 is 1.95 bits per heavy atom. The number of aryl methyl sites for hydroxylation is 2. The quantitative estimate of drug-likeness (QED) is 0.334. The molecule has 1 amide bonds. The van der Waals surface area contributed by atoms with E-state index in [4.69, 9.17) is 14.2 Å². The maximum Gasteiger partial charge on any atom is 0.270 e. The van der Waals surface area contributed by atoms with Crippen LogP contribution in [0.1, 0.15) is 36.6 Å². The molecule has 3 heterocycles. The molecule has 10 heteroatoms. The van der Waals surface area contributed by atoms with Gasteiger partial charge in [0.1, 0.15) is 5.75 Å². The predicted octanol–water partition coefficient (Wildman–Crippen LogP) is 4.81. The van der Waals surface area contributed by atoms with Crippen molar-refractivity contribution in [3.63, 3.8) is 0 Å². The van der Waals surface area contributed by atoms with E-state index in [9.17, 15) is 13.2 Å². The number of rotatable bonds is 8. The summed E-state index contributed by atoms with van der Waals surface area (Å²) in [5.74, 6) is 0.188. The highest BCUT2D eigenvalue weighted by Crippen LogP contribution is 2.44. The van der Waals surface area contributed by atoms with Gasteiger partial charge in [-0.25, -0.2) is 18.1 Å². The topological polar surface area (TPSA) is 117 Å². The van der Waals surface area contributed by atoms with Gasteiger partial charge in [0, 0.05) is 29.4 Å². The molecular weight excluding hydrogens is 518 g/mol. The number of sulfonamides is 1. The van der Waals surface area contributed by atoms with Crippen molar-refractivity contribution in [1.29, 1.82) is 0 Å². The Bertz CT molecular complexity index is 1650. The molecule has 0 bridgehead atoms. The van der Waals surface area contributed by atoms with Crippen LogP contribution in [0.3, 0.4) is 0 Å². The lowest BCUT2D eigenvalue weighted by atomic mass is 9.88. The first kappa shape index (κ1) is 26.6. The predicted molar refractivity (Wildman–Crippen MR) is 145 cm³/mol. The Balaban J connectivity index is 1.57. The lowest BCUT2D eigenvalue weighted by molar-refractivity contribution is -0.140. The van der Waals surface area contributed by atoms with Gasteiger partial charge >= 0.3 is 0 Å². The smallest absolute Gasteiger partial charge is 0.270 e. The molecule has 202 valence electrons. The summed E-state index contributed by atoms with van der Waals surface area (Å²) in [6.07, 6.45) is 3.12. The van der Waals surface area contributed by atoms with Crippen LogP contribution in [0.25, 0.3) is 10.9 Å². The molecule has 0 aliphatic carbocycles. The number of hydrogen-bond donors (Lipinski definition) is 1. The molecule has 1 saturated heterocycles. The number of amides is 1. The number of hydrogen-bond acceptors (Lipinski definition) is 8. The maximum atomic E-state index is 14.0. The van der Waals surface area contributed by atoms with Crippen LogP contribution in [0.4, 0.5) is 0 Å². The maximum absolute atomic E-state index is 14.0. The third-order valence-corrected chi connectivity index (χ3v) is 8.16. The number of carbonyl (C=O) groups is 1. The molecule has 1 atom stereocenters. The summed E-state index contributed by atoms with van der Waals surface area (Å²) in [7, 11) is -2.78. The minimum Gasteiger partial charge on any atom is -0.478 e. The van der Waals surface area contributed by atoms with E-state index in [1.54, 1.807) is 48.7 Å². The number of aromatic nitrogens is 2. The zero-order valence-electron chi connectivity index (χ0n) is 21.9. The van der Waals surface area contributed by atoms with Crippen LogP contribution < -0.4 is 14.2 Å². The van der Waals surface area contributed by atoms with Crippen LogP contribution >= 0.6 is 0 Å². The van der Waals surface area contributed by atoms with Crippen molar-refractivity contribution < 1.29 is 27.4 Å². The third-order valence-electron chi connectivity index (χ3n) is 6.77. The molecule has 1 N–H and O–H groups in total. The van der Waals surface area contributed by atoms with Crippen LogP contribution in [0.2, 0.25) is 0 Å². The Morgan fingerprint density at radius 1 is 1.10 bits per heavy atom. The Labute approximate surface area is 227 Å². The van der Waals surface area contributed by atoms with Gasteiger partial charge in [0.2, 0.25) is 0 Å². The summed E-state index contributed by atoms with van der Waals surface area (Å²) < 4.78 is 47.1. The number of nitrogens with zero attached hydrogens (tertiary/aromatic N) is 2. The highest BCUT2D eigenvalue weighted by molar-refractivity contribution is 7.90. The molecule has 1 fully saturated rings. The first-order chi connectivity index (χ1) is 18.8. The first-order valence-electron chi connectivity index (χ1n) is 12.7. The number of carbonyl (C=O) groups excluding carboxylic acids is 1. The second kappa shape index (κ2) is 10.6. The standard InChI is InChI=1S/C29H29N3O6S/c1-4-20-12-14-24(38-25-9-6-16-30-27(25)36-3)22(18-20)29(15-7-17-37-29)28(33)32-39(34,35)26-10-5-8-23-21(26)13-11-19(2)31-23/h5-6,8-14,16,18H,4,7,15,17H2,1-3H3,(H,32,33)/t29-/m1/s1. The summed E-state index contributed by atoms with van der Waals surface area (Å²) in [4.78, 5) is 22.5. The van der Waals surface area contributed by atoms with Crippen molar-refractivity contribution >= 4 is 26.8 Å². The summed E-state index contributed by atoms with van der Waals surface area (Å²) >= 11 is 0. The van der Waals surface area contributed by atoms with Crippen molar-refractivity contribution in [3.8, 4) is 17.4 Å². The molecule has 0 unspecified atom stereocenters. The molecule has 0 radical (unpaired) electrons. The second-order valence-electron chi connectivity index (χ2n) is 9.29. The van der Waals surface area contributed by atoms with Crippen LogP contribution in [-0.4, -0.2) is 38.0 Å². The van der Waals surface area contributed by atoms with Gasteiger partial charge in [-0.3, -0.25) is 9.78 Å². The number of ether oxygens (including phenoxy) is 3. The number of pyridine rings is 2. The van der Waals surface area contributed by atoms with E-state index in [-0.39, 0.29) is 23.8 Å². The molecular formula is C29H29N3O6S. The van der Waals surface area contributed by atoms with Crippen LogP contribution in [-0.2, 0) is 31.6 Å². The van der Waals surface area contributed by atoms with Gasteiger partial charge in [0.05, 0.1) is 17.5 Å². The summed E-state index contributed by atoms with van der Waals surface area (Å²) in [5, 5.41) is 0.422. The minimum atomic E-state index is -4.27. The van der Waals surface area contributed by atoms with E-state index in [0.717, 1.165) is 11.3 Å². The largest absolute Gasteiger partial charge is 0.478 e. The Morgan fingerprint density at radius 3 is 2.69 bits per heavy atom. The number of nitrogens with one attached hydrogen (secondary N) is 1. The van der Waals surface area contributed by atoms with Crippen molar-refractivity contribution in [2.45, 2.75) is 43.6 Å². The van der Waals surface area contributed by atoms with Crippen molar-refractivity contribution in [2.24, 2.45) is 0 Å². The van der Waals surface area contributed by atoms with Gasteiger partial charge in [-0.05, 0) is 80.3 Å². The SMILES string of the molecule is CCc1ccc(Oc2cccnc2OC)c([C@@]2(C(=O)NS(=O)(=O)c3cccc4nc(C)ccc34)CCCO2)c1. The highest BCUT2D eigenvalue weighted by Gasteiger charge is 2.48. The highest BCUT2D eigenvalue weighted by atomic mass is 32.2. The molecule has 1 aliphatic rings. The normalized spacial score (nSPS) is 17.2. The second-order valence-corrected chi connectivity index (χ2v) is 10.9. The molecule has 2 aromatic heterocycles. The summed E-state index contributed by atoms with van der Waals surface area (Å²) in [6.45, 7) is 4.11. The molecule has 0 spiro atoms. The van der Waals surface area contributed by atoms with E-state index in [1.807, 2.05) is 26.0 Å². The van der Waals surface area contributed by atoms with Crippen molar-refractivity contribution in [2.75, 3.05) is 13.7 Å². The van der Waals surface area contributed by atoms with E-state index in [1.165, 1.54) is 13.2 Å². The molecule has 2 aromatic carbocycles. The van der Waals surface area contributed by atoms with Gasteiger partial charge in [-0.2, -0.15) is 0 Å². The molecule has 0 saturated carbocycles. The third kappa shape index (κ3) is 5.05. The molecule has 1 aliphatic heterocycles. The zero-order valence-corrected chi connectivity index (χ0v) is 22.7. The van der Waals surface area contributed by atoms with Crippen molar-refractivity contribution in [1.82, 2.24) is 14.7 Å². The van der Waals surface area contributed by atoms with E-state index in [2.05, 4.69) is 14.7 Å². The first-order valence-corrected chi connectivity index (χ1v) is 14.1. The van der Waals surface area contributed by atoms with Gasteiger partial charge < -0.3 is 14.2 Å². The fourth-order valence-corrected chi connectivity index (χ4v) is 6.04. The average Bonchev–Trinajstić information content (AvgIpc) is 3.44. The minimum absolute atomic E-state index is 0.0344. The lowest BCUT2D eigenvalue weighted by Crippen LogP contribution is -2.46. The van der Waals surface area contributed by atoms with Crippen LogP contribution in [0.5, 0.6) is 17.4 Å². The number of methoxy groups -OCH3 is 1. The zero-order chi connectivity index (χ0) is 27.6. The van der Waals surface area contributed by atoms with Crippen LogP contribution in [0, 0.1) is 6.92 Å². The summed E-state index contributed by atoms with van der Waals surface area (Å²) in [5.41, 5.74) is 1.08. The van der Waals surface area contributed by atoms with Gasteiger partial charge in [0.15, 0.2) is 11.4 Å². The van der Waals surface area contributed by atoms with Gasteiger partial charge in [-0.15, -0.1) is 0 Å². The van der Waals surface area contributed by atoms with Gasteiger partial charge in [-0.1, -0.05) is 19.1 Å². The molecule has 5 rings (SSSR count). The number of benzene rings is 2. The summed E-state index contributed by atoms with van der Waals surface area (Å²) in [6, 6.07) is 17.1. The lowest BCUT2D eigenvalue weighted by Gasteiger charge is -2.29. The Hall–Kier alpha value is -4.02. The van der Waals surface area contributed by atoms with Crippen molar-refractivity contribution in [3.05, 3.63) is 83.7 Å². The fourth-order valence-electron chi connectivity index (χ4n) is 4.80. The van der Waals surface area contributed by atoms with Gasteiger partial charge in [0.25, 0.3) is 21.8 Å². The van der Waals surface area contributed by atoms with E-state index >= 15 is 0 Å². The Kier molecular flexibility index (Phi) is 7.24.